The molecule has 1 saturated heterocycles. The number of amides is 1. The molecule has 0 radical (unpaired) electrons. The van der Waals surface area contributed by atoms with E-state index in [0.717, 1.165) is 41.9 Å². The van der Waals surface area contributed by atoms with Crippen LogP contribution in [-0.4, -0.2) is 29.0 Å². The largest absolute Gasteiger partial charge is 0.450 e. The van der Waals surface area contributed by atoms with Crippen molar-refractivity contribution in [3.8, 4) is 0 Å². The van der Waals surface area contributed by atoms with Crippen LogP contribution in [0.3, 0.4) is 0 Å². The third-order valence-corrected chi connectivity index (χ3v) is 5.70. The normalized spacial score (nSPS) is 16.7. The second-order valence-corrected chi connectivity index (χ2v) is 7.71. The van der Waals surface area contributed by atoms with Gasteiger partial charge in [-0.05, 0) is 31.0 Å². The maximum atomic E-state index is 13.8. The van der Waals surface area contributed by atoms with E-state index in [2.05, 4.69) is 15.3 Å². The molecule has 1 atom stereocenters. The summed E-state index contributed by atoms with van der Waals surface area (Å²) < 4.78 is 32.9. The molecule has 0 spiro atoms. The van der Waals surface area contributed by atoms with Gasteiger partial charge >= 0.3 is 0 Å². The van der Waals surface area contributed by atoms with E-state index in [9.17, 15) is 13.6 Å². The topological polar surface area (TPSA) is 71.3 Å². The summed E-state index contributed by atoms with van der Waals surface area (Å²) in [6, 6.07) is 11.0. The molecule has 6 nitrogen and oxygen atoms in total. The number of furan rings is 1. The average molecular weight is 422 g/mol. The van der Waals surface area contributed by atoms with E-state index in [1.54, 1.807) is 0 Å². The third kappa shape index (κ3) is 3.69. The fourth-order valence-electron chi connectivity index (χ4n) is 4.11. The van der Waals surface area contributed by atoms with Gasteiger partial charge in [-0.2, -0.15) is 0 Å². The molecule has 5 rings (SSSR count). The Morgan fingerprint density at radius 3 is 2.94 bits per heavy atom. The van der Waals surface area contributed by atoms with E-state index in [-0.39, 0.29) is 23.9 Å². The second kappa shape index (κ2) is 7.94. The van der Waals surface area contributed by atoms with E-state index in [0.29, 0.717) is 17.9 Å². The predicted octanol–water partition coefficient (Wildman–Crippen LogP) is 4.19. The molecule has 3 heterocycles. The summed E-state index contributed by atoms with van der Waals surface area (Å²) in [6.45, 7) is 1.24. The summed E-state index contributed by atoms with van der Waals surface area (Å²) in [6.07, 6.45) is 3.05. The van der Waals surface area contributed by atoms with E-state index in [1.807, 2.05) is 29.2 Å². The molecular formula is C23H20F2N4O2. The molecule has 158 valence electrons. The van der Waals surface area contributed by atoms with Crippen LogP contribution in [0.4, 0.5) is 14.6 Å². The molecule has 2 aromatic carbocycles. The Kier molecular flexibility index (Phi) is 4.97. The highest BCUT2D eigenvalue weighted by atomic mass is 19.1. The maximum Gasteiger partial charge on any atom is 0.225 e. The Morgan fingerprint density at radius 2 is 2.06 bits per heavy atom. The van der Waals surface area contributed by atoms with Gasteiger partial charge < -0.3 is 14.6 Å². The number of halogens is 2. The number of piperidine rings is 1. The zero-order valence-corrected chi connectivity index (χ0v) is 16.6. The van der Waals surface area contributed by atoms with E-state index in [4.69, 9.17) is 4.42 Å². The Hall–Kier alpha value is -3.55. The quantitative estimate of drug-likeness (QED) is 0.534. The van der Waals surface area contributed by atoms with Gasteiger partial charge in [0, 0.05) is 36.7 Å². The molecule has 1 fully saturated rings. The summed E-state index contributed by atoms with van der Waals surface area (Å²) in [5, 5.41) is 3.70. The van der Waals surface area contributed by atoms with Gasteiger partial charge in [-0.3, -0.25) is 4.79 Å². The average Bonchev–Trinajstić information content (AvgIpc) is 3.17. The minimum atomic E-state index is -0.668. The number of benzene rings is 2. The summed E-state index contributed by atoms with van der Waals surface area (Å²) in [7, 11) is 0. The smallest absolute Gasteiger partial charge is 0.225 e. The maximum absolute atomic E-state index is 13.8. The number of para-hydroxylation sites is 1. The number of nitrogens with one attached hydrogen (secondary N) is 1. The minimum Gasteiger partial charge on any atom is -0.450 e. The van der Waals surface area contributed by atoms with Crippen molar-refractivity contribution in [3.05, 3.63) is 66.0 Å². The van der Waals surface area contributed by atoms with Gasteiger partial charge in [-0.1, -0.05) is 18.2 Å². The van der Waals surface area contributed by atoms with Crippen LogP contribution >= 0.6 is 0 Å². The zero-order chi connectivity index (χ0) is 21.4. The lowest BCUT2D eigenvalue weighted by atomic mass is 9.97. The molecule has 1 unspecified atom stereocenters. The van der Waals surface area contributed by atoms with E-state index >= 15 is 0 Å². The lowest BCUT2D eigenvalue weighted by Crippen LogP contribution is -2.43. The van der Waals surface area contributed by atoms with Gasteiger partial charge in [0.15, 0.2) is 11.4 Å². The number of hydrogen-bond acceptors (Lipinski definition) is 5. The fourth-order valence-corrected chi connectivity index (χ4v) is 4.11. The first kappa shape index (κ1) is 19.4. The van der Waals surface area contributed by atoms with Gasteiger partial charge in [-0.25, -0.2) is 18.7 Å². The number of carbonyl (C=O) groups is 1. The summed E-state index contributed by atoms with van der Waals surface area (Å²) in [5.74, 6) is -1.07. The number of anilines is 1. The molecule has 2 aromatic heterocycles. The van der Waals surface area contributed by atoms with Crippen molar-refractivity contribution >= 4 is 33.8 Å². The van der Waals surface area contributed by atoms with Gasteiger partial charge in [-0.15, -0.1) is 0 Å². The van der Waals surface area contributed by atoms with Gasteiger partial charge in [0.05, 0.1) is 5.92 Å². The number of aromatic nitrogens is 2. The number of fused-ring (bicyclic) bond motifs is 3. The van der Waals surface area contributed by atoms with Gasteiger partial charge in [0.1, 0.15) is 29.1 Å². The van der Waals surface area contributed by atoms with E-state index in [1.165, 1.54) is 18.5 Å². The Balaban J connectivity index is 1.34. The molecule has 0 aliphatic carbocycles. The van der Waals surface area contributed by atoms with Crippen LogP contribution in [0.15, 0.2) is 53.2 Å². The van der Waals surface area contributed by atoms with Crippen molar-refractivity contribution in [3.63, 3.8) is 0 Å². The molecule has 1 amide bonds. The fraction of sp³-hybridized carbons (Fsp3) is 0.261. The van der Waals surface area contributed by atoms with E-state index < -0.39 is 11.6 Å². The molecule has 1 aliphatic rings. The van der Waals surface area contributed by atoms with Crippen molar-refractivity contribution in [2.75, 3.05) is 18.0 Å². The molecular weight excluding hydrogens is 402 g/mol. The summed E-state index contributed by atoms with van der Waals surface area (Å²) >= 11 is 0. The monoisotopic (exact) mass is 422 g/mol. The van der Waals surface area contributed by atoms with Crippen LogP contribution in [0.2, 0.25) is 0 Å². The van der Waals surface area contributed by atoms with Crippen LogP contribution in [0.25, 0.3) is 22.1 Å². The van der Waals surface area contributed by atoms with Crippen LogP contribution < -0.4 is 10.2 Å². The minimum absolute atomic E-state index is 0.0166. The molecule has 1 N–H and O–H groups in total. The highest BCUT2D eigenvalue weighted by molar-refractivity contribution is 6.05. The van der Waals surface area contributed by atoms with Crippen LogP contribution in [0.1, 0.15) is 18.4 Å². The first-order chi connectivity index (χ1) is 15.1. The van der Waals surface area contributed by atoms with Gasteiger partial charge in [0.2, 0.25) is 5.91 Å². The Bertz CT molecular complexity index is 1270. The molecule has 0 saturated carbocycles. The van der Waals surface area contributed by atoms with Crippen molar-refractivity contribution in [1.29, 1.82) is 0 Å². The van der Waals surface area contributed by atoms with Crippen LogP contribution in [0.5, 0.6) is 0 Å². The lowest BCUT2D eigenvalue weighted by Gasteiger charge is -2.32. The number of rotatable bonds is 4. The number of carbonyl (C=O) groups excluding carboxylic acids is 1. The zero-order valence-electron chi connectivity index (χ0n) is 16.6. The molecule has 8 heteroatoms. The SMILES string of the molecule is O=C(NCc1ccc(F)cc1F)C1CCCN(c2ncnc3c2oc2ccccc23)C1. The Labute approximate surface area is 176 Å². The van der Waals surface area contributed by atoms with Crippen molar-refractivity contribution in [2.45, 2.75) is 19.4 Å². The van der Waals surface area contributed by atoms with Crippen molar-refractivity contribution in [2.24, 2.45) is 5.92 Å². The molecule has 4 aromatic rings. The first-order valence-electron chi connectivity index (χ1n) is 10.2. The first-order valence-corrected chi connectivity index (χ1v) is 10.2. The summed E-state index contributed by atoms with van der Waals surface area (Å²) in [4.78, 5) is 23.6. The van der Waals surface area contributed by atoms with Crippen LogP contribution in [0, 0.1) is 17.6 Å². The second-order valence-electron chi connectivity index (χ2n) is 7.71. The highest BCUT2D eigenvalue weighted by Gasteiger charge is 2.28. The van der Waals surface area contributed by atoms with Crippen LogP contribution in [-0.2, 0) is 11.3 Å². The molecule has 31 heavy (non-hydrogen) atoms. The standard InChI is InChI=1S/C23H20F2N4O2/c24-16-8-7-14(18(25)10-16)11-26-23(30)15-4-3-9-29(12-15)22-21-20(27-13-28-22)17-5-1-2-6-19(17)31-21/h1-2,5-8,10,13,15H,3-4,9,11-12H2,(H,26,30). The van der Waals surface area contributed by atoms with Crippen molar-refractivity contribution in [1.82, 2.24) is 15.3 Å². The summed E-state index contributed by atoms with van der Waals surface area (Å²) in [5.41, 5.74) is 2.35. The third-order valence-electron chi connectivity index (χ3n) is 5.70. The lowest BCUT2D eigenvalue weighted by molar-refractivity contribution is -0.125. The van der Waals surface area contributed by atoms with Gasteiger partial charge in [0.25, 0.3) is 0 Å². The molecule has 0 bridgehead atoms. The Morgan fingerprint density at radius 1 is 1.19 bits per heavy atom. The predicted molar refractivity (Wildman–Crippen MR) is 112 cm³/mol. The highest BCUT2D eigenvalue weighted by Crippen LogP contribution is 2.33. The molecule has 1 aliphatic heterocycles. The number of hydrogen-bond donors (Lipinski definition) is 1. The number of nitrogens with zero attached hydrogens (tertiary/aromatic N) is 3. The van der Waals surface area contributed by atoms with Crippen molar-refractivity contribution < 1.29 is 18.0 Å².